The third-order valence-corrected chi connectivity index (χ3v) is 4.42. The van der Waals surface area contributed by atoms with Crippen molar-refractivity contribution >= 4 is 29.0 Å². The van der Waals surface area contributed by atoms with Crippen LogP contribution in [-0.4, -0.2) is 28.7 Å². The van der Waals surface area contributed by atoms with Crippen molar-refractivity contribution in [1.82, 2.24) is 15.1 Å². The summed E-state index contributed by atoms with van der Waals surface area (Å²) in [5.41, 5.74) is 7.50. The minimum absolute atomic E-state index is 0.195. The number of benzene rings is 1. The Hall–Kier alpha value is -1.60. The molecule has 0 fully saturated rings. The van der Waals surface area contributed by atoms with Crippen molar-refractivity contribution in [2.24, 2.45) is 5.73 Å². The maximum atomic E-state index is 11.1. The van der Waals surface area contributed by atoms with Gasteiger partial charge in [-0.25, -0.2) is 0 Å². The maximum absolute atomic E-state index is 11.1. The van der Waals surface area contributed by atoms with Crippen LogP contribution in [0, 0.1) is 0 Å². The molecule has 0 spiro atoms. The molecule has 0 amide bonds. The number of hydrogen-bond donors (Lipinski definition) is 2. The molecule has 8 heteroatoms. The highest BCUT2D eigenvalue weighted by Gasteiger charge is 2.19. The predicted octanol–water partition coefficient (Wildman–Crippen LogP) is 3.96. The second-order valence-electron chi connectivity index (χ2n) is 6.28. The molecular weight excluding hydrogens is 387 g/mol. The molecule has 3 N–H and O–H groups in total. The van der Waals surface area contributed by atoms with Crippen LogP contribution >= 0.6 is 23.2 Å². The van der Waals surface area contributed by atoms with Crippen LogP contribution in [-0.2, 0) is 24.3 Å². The standard InChI is InChI=1S/C19H26Cl2N4O2/c1-3-17-19(27-16-10-14(20)9-15(21)11-16)18(25(24-17)8-6-22)12-23-7-4-5-13(2)26/h9-11,23H,3-8,12,22H2,1-2H3. The highest BCUT2D eigenvalue weighted by molar-refractivity contribution is 6.34. The average Bonchev–Trinajstić information content (AvgIpc) is 2.90. The molecule has 0 saturated heterocycles. The number of ketones is 1. The largest absolute Gasteiger partial charge is 0.453 e. The van der Waals surface area contributed by atoms with Gasteiger partial charge in [0.1, 0.15) is 17.2 Å². The smallest absolute Gasteiger partial charge is 0.173 e. The number of ether oxygens (including phenoxy) is 1. The van der Waals surface area contributed by atoms with E-state index in [-0.39, 0.29) is 5.78 Å². The molecule has 27 heavy (non-hydrogen) atoms. The number of aryl methyl sites for hydroxylation is 1. The van der Waals surface area contributed by atoms with E-state index in [1.54, 1.807) is 25.1 Å². The first kappa shape index (κ1) is 21.7. The second kappa shape index (κ2) is 10.7. The number of carbonyl (C=O) groups excluding carboxylic acids is 1. The van der Waals surface area contributed by atoms with Gasteiger partial charge >= 0.3 is 0 Å². The topological polar surface area (TPSA) is 82.2 Å². The number of aromatic nitrogens is 2. The van der Waals surface area contributed by atoms with E-state index in [4.69, 9.17) is 33.7 Å². The summed E-state index contributed by atoms with van der Waals surface area (Å²) in [6.45, 7) is 6.00. The number of rotatable bonds is 11. The number of Topliss-reactive ketones (excluding diaryl/α,β-unsaturated/α-hetero) is 1. The molecule has 0 bridgehead atoms. The van der Waals surface area contributed by atoms with Gasteiger partial charge in [0.05, 0.1) is 12.2 Å². The zero-order valence-corrected chi connectivity index (χ0v) is 17.2. The molecule has 0 atom stereocenters. The first-order chi connectivity index (χ1) is 12.9. The van der Waals surface area contributed by atoms with Crippen LogP contribution < -0.4 is 15.8 Å². The molecule has 0 aliphatic carbocycles. The molecule has 6 nitrogen and oxygen atoms in total. The van der Waals surface area contributed by atoms with Gasteiger partial charge in [-0.15, -0.1) is 0 Å². The zero-order chi connectivity index (χ0) is 19.8. The summed E-state index contributed by atoms with van der Waals surface area (Å²) in [6, 6.07) is 5.10. The molecule has 0 radical (unpaired) electrons. The van der Waals surface area contributed by atoms with Gasteiger partial charge < -0.3 is 20.6 Å². The third-order valence-electron chi connectivity index (χ3n) is 3.98. The van der Waals surface area contributed by atoms with Crippen molar-refractivity contribution in [1.29, 1.82) is 0 Å². The van der Waals surface area contributed by atoms with Crippen molar-refractivity contribution in [3.05, 3.63) is 39.6 Å². The Labute approximate surface area is 170 Å². The summed E-state index contributed by atoms with van der Waals surface area (Å²) < 4.78 is 8.00. The van der Waals surface area contributed by atoms with E-state index >= 15 is 0 Å². The summed E-state index contributed by atoms with van der Waals surface area (Å²) >= 11 is 12.2. The Morgan fingerprint density at radius 1 is 1.30 bits per heavy atom. The van der Waals surface area contributed by atoms with E-state index < -0.39 is 0 Å². The normalized spacial score (nSPS) is 11.0. The van der Waals surface area contributed by atoms with Crippen molar-refractivity contribution in [3.63, 3.8) is 0 Å². The van der Waals surface area contributed by atoms with Gasteiger partial charge in [0, 0.05) is 29.6 Å². The van der Waals surface area contributed by atoms with Gasteiger partial charge in [-0.05, 0) is 44.5 Å². The Morgan fingerprint density at radius 3 is 2.59 bits per heavy atom. The van der Waals surface area contributed by atoms with Crippen LogP contribution in [0.1, 0.15) is 38.1 Å². The molecule has 2 aromatic rings. The quantitative estimate of drug-likeness (QED) is 0.545. The SMILES string of the molecule is CCc1nn(CCN)c(CNCCCC(C)=O)c1Oc1cc(Cl)cc(Cl)c1. The summed E-state index contributed by atoms with van der Waals surface area (Å²) in [4.78, 5) is 11.1. The minimum atomic E-state index is 0.195. The van der Waals surface area contributed by atoms with Gasteiger partial charge in [-0.2, -0.15) is 5.10 Å². The summed E-state index contributed by atoms with van der Waals surface area (Å²) in [6.07, 6.45) is 2.08. The zero-order valence-electron chi connectivity index (χ0n) is 15.7. The van der Waals surface area contributed by atoms with Crippen LogP contribution in [0.25, 0.3) is 0 Å². The lowest BCUT2D eigenvalue weighted by Gasteiger charge is -2.12. The first-order valence-corrected chi connectivity index (χ1v) is 9.82. The van der Waals surface area contributed by atoms with Crippen molar-refractivity contribution in [2.75, 3.05) is 13.1 Å². The van der Waals surface area contributed by atoms with Gasteiger partial charge in [-0.1, -0.05) is 30.1 Å². The average molecular weight is 413 g/mol. The molecule has 1 heterocycles. The van der Waals surface area contributed by atoms with Gasteiger partial charge in [-0.3, -0.25) is 4.68 Å². The monoisotopic (exact) mass is 412 g/mol. The van der Waals surface area contributed by atoms with Crippen LogP contribution in [0.5, 0.6) is 11.5 Å². The third kappa shape index (κ3) is 6.50. The molecule has 1 aromatic carbocycles. The Morgan fingerprint density at radius 2 is 2.00 bits per heavy atom. The molecule has 148 valence electrons. The molecule has 2 rings (SSSR count). The van der Waals surface area contributed by atoms with Gasteiger partial charge in [0.25, 0.3) is 0 Å². The van der Waals surface area contributed by atoms with E-state index in [1.807, 2.05) is 11.6 Å². The molecule has 0 unspecified atom stereocenters. The van der Waals surface area contributed by atoms with E-state index in [0.717, 1.165) is 30.8 Å². The number of nitrogens with two attached hydrogens (primary N) is 1. The molecule has 0 saturated carbocycles. The van der Waals surface area contributed by atoms with Gasteiger partial charge in [0.2, 0.25) is 0 Å². The van der Waals surface area contributed by atoms with Crippen molar-refractivity contribution in [3.8, 4) is 11.5 Å². The Balaban J connectivity index is 2.23. The Kier molecular flexibility index (Phi) is 8.57. The van der Waals surface area contributed by atoms with Crippen LogP contribution in [0.2, 0.25) is 10.0 Å². The number of carbonyl (C=O) groups is 1. The summed E-state index contributed by atoms with van der Waals surface area (Å²) in [5, 5.41) is 9.01. The van der Waals surface area contributed by atoms with Crippen LogP contribution in [0.3, 0.4) is 0 Å². The fraction of sp³-hybridized carbons (Fsp3) is 0.474. The number of nitrogens with zero attached hydrogens (tertiary/aromatic N) is 2. The molecule has 0 aliphatic rings. The number of halogens is 2. The lowest BCUT2D eigenvalue weighted by molar-refractivity contribution is -0.117. The fourth-order valence-corrected chi connectivity index (χ4v) is 3.24. The molecule has 1 aromatic heterocycles. The first-order valence-electron chi connectivity index (χ1n) is 9.07. The van der Waals surface area contributed by atoms with Crippen molar-refractivity contribution < 1.29 is 9.53 Å². The number of nitrogens with one attached hydrogen (secondary N) is 1. The molecular formula is C19H26Cl2N4O2. The van der Waals surface area contributed by atoms with E-state index in [9.17, 15) is 4.79 Å². The fourth-order valence-electron chi connectivity index (χ4n) is 2.74. The maximum Gasteiger partial charge on any atom is 0.173 e. The lowest BCUT2D eigenvalue weighted by Crippen LogP contribution is -2.21. The summed E-state index contributed by atoms with van der Waals surface area (Å²) in [7, 11) is 0. The van der Waals surface area contributed by atoms with Crippen LogP contribution in [0.15, 0.2) is 18.2 Å². The minimum Gasteiger partial charge on any atom is -0.453 e. The van der Waals surface area contributed by atoms with E-state index in [2.05, 4.69) is 10.4 Å². The highest BCUT2D eigenvalue weighted by Crippen LogP contribution is 2.33. The lowest BCUT2D eigenvalue weighted by atomic mass is 10.2. The summed E-state index contributed by atoms with van der Waals surface area (Å²) in [5.74, 6) is 1.45. The Bertz CT molecular complexity index is 757. The number of hydrogen-bond acceptors (Lipinski definition) is 5. The highest BCUT2D eigenvalue weighted by atomic mass is 35.5. The van der Waals surface area contributed by atoms with E-state index in [0.29, 0.717) is 47.6 Å². The molecule has 0 aliphatic heterocycles. The van der Waals surface area contributed by atoms with E-state index in [1.165, 1.54) is 0 Å². The van der Waals surface area contributed by atoms with Crippen molar-refractivity contribution in [2.45, 2.75) is 46.2 Å². The van der Waals surface area contributed by atoms with Crippen LogP contribution in [0.4, 0.5) is 0 Å². The van der Waals surface area contributed by atoms with Gasteiger partial charge in [0.15, 0.2) is 5.75 Å². The predicted molar refractivity (Wildman–Crippen MR) is 109 cm³/mol. The second-order valence-corrected chi connectivity index (χ2v) is 7.15.